The average Bonchev–Trinajstić information content (AvgIpc) is 3.88. The first-order valence-corrected chi connectivity index (χ1v) is 40.5. The summed E-state index contributed by atoms with van der Waals surface area (Å²) in [5, 5.41) is 5.43. The van der Waals surface area contributed by atoms with Gasteiger partial charge in [-0.3, -0.25) is 0 Å². The molecule has 2 atom stereocenters. The fourth-order valence-corrected chi connectivity index (χ4v) is 35.0. The maximum atomic E-state index is 2.96. The molecule has 6 aromatic carbocycles. The van der Waals surface area contributed by atoms with Crippen molar-refractivity contribution in [1.29, 1.82) is 0 Å². The van der Waals surface area contributed by atoms with Crippen LogP contribution in [0.4, 0.5) is 0 Å². The number of allylic oxidation sites excluding steroid dienone is 2. The van der Waals surface area contributed by atoms with Crippen molar-refractivity contribution < 1.29 is 17.4 Å². The molecule has 4 aliphatic rings. The van der Waals surface area contributed by atoms with E-state index < -0.39 is 17.4 Å². The van der Waals surface area contributed by atoms with Gasteiger partial charge >= 0.3 is 405 Å². The molecule has 2 fully saturated rings. The van der Waals surface area contributed by atoms with Crippen LogP contribution < -0.4 is 0 Å². The van der Waals surface area contributed by atoms with Gasteiger partial charge < -0.3 is 0 Å². The fraction of sp³-hybridized carbons (Fsp3) is 0.438. The Balaban J connectivity index is 0.00000312. The van der Waals surface area contributed by atoms with Gasteiger partial charge in [0.05, 0.1) is 0 Å². The number of hydrogen-bond donors (Lipinski definition) is 0. The van der Waals surface area contributed by atoms with Crippen LogP contribution in [-0.2, 0) is 17.4 Å². The average molecular weight is 1040 g/mol. The van der Waals surface area contributed by atoms with E-state index in [0.717, 1.165) is 0 Å². The van der Waals surface area contributed by atoms with E-state index in [2.05, 4.69) is 163 Å². The minimum atomic E-state index is -4.13. The summed E-state index contributed by atoms with van der Waals surface area (Å²) in [6, 6.07) is 47.3. The Labute approximate surface area is 426 Å². The maximum absolute atomic E-state index is 4.13. The van der Waals surface area contributed by atoms with Gasteiger partial charge in [0.25, 0.3) is 0 Å². The van der Waals surface area contributed by atoms with E-state index in [1.54, 1.807) is 11.1 Å². The van der Waals surface area contributed by atoms with Crippen molar-refractivity contribution in [1.82, 2.24) is 0 Å². The number of rotatable bonds is 12. The summed E-state index contributed by atoms with van der Waals surface area (Å²) < 4.78 is 6.92. The smallest absolute Gasteiger partial charge is 0.147 e. The first-order valence-electron chi connectivity index (χ1n) is 26.8. The molecule has 68 heavy (non-hydrogen) atoms. The van der Waals surface area contributed by atoms with Gasteiger partial charge in [-0.1, -0.05) is 0 Å². The van der Waals surface area contributed by atoms with Crippen LogP contribution >= 0.6 is 24.8 Å². The maximum Gasteiger partial charge on any atom is -0.147 e. The third-order valence-corrected chi connectivity index (χ3v) is 35.4. The third kappa shape index (κ3) is 9.82. The summed E-state index contributed by atoms with van der Waals surface area (Å²) in [4.78, 5) is 0. The van der Waals surface area contributed by atoms with Crippen molar-refractivity contribution >= 4 is 65.4 Å². The predicted octanol–water partition coefficient (Wildman–Crippen LogP) is 19.9. The SMILES string of the molecule is CCCC1(CC2=Cc3c(-c4cccc5ccccc45)cccc3[CH]2[Zr]([CH3])([CH3])(=[SiH2])[CH]2C(CC3(CCC)CCCCCCC3)=Cc3c(-c4cccc5ccccc45)cccc32)CCCCCCC1.Cl.Cl. The zero-order valence-corrected chi connectivity index (χ0v) is 47.5. The molecule has 10 rings (SSSR count). The van der Waals surface area contributed by atoms with Crippen molar-refractivity contribution in [2.24, 2.45) is 10.8 Å². The number of fused-ring (bicyclic) bond motifs is 4. The van der Waals surface area contributed by atoms with Crippen LogP contribution in [0.25, 0.3) is 56.0 Å². The second kappa shape index (κ2) is 21.4. The molecule has 0 radical (unpaired) electrons. The molecule has 0 amide bonds. The second-order valence-corrected chi connectivity index (χ2v) is 53.8. The summed E-state index contributed by atoms with van der Waals surface area (Å²) in [5.41, 5.74) is 16.5. The second-order valence-electron chi connectivity index (χ2n) is 23.3. The van der Waals surface area contributed by atoms with Crippen LogP contribution in [0, 0.1) is 10.8 Å². The molecule has 0 spiro atoms. The number of halogens is 2. The van der Waals surface area contributed by atoms with Crippen molar-refractivity contribution in [2.45, 2.75) is 159 Å². The van der Waals surface area contributed by atoms with E-state index in [1.165, 1.54) is 183 Å². The minimum absolute atomic E-state index is 0. The van der Waals surface area contributed by atoms with E-state index in [0.29, 0.717) is 18.1 Å². The standard InChI is InChI=1S/2C31H35.2CH3.2ClH.H2Si.Zr/c2*1-2-18-31(19-8-4-3-5-9-20-31)23-24-21-26-14-11-17-29(30(26)22-24)28-16-10-13-25-12-6-7-15-27(25)28;;;;;;/h2*6-7,10-17,21-22H,2-5,8-9,18-20,23H2,1H3;2*1H3;2*1H;1H2;. The first kappa shape index (κ1) is 51.4. The monoisotopic (exact) mass is 1040 g/mol. The van der Waals surface area contributed by atoms with E-state index in [9.17, 15) is 0 Å². The molecule has 2 saturated carbocycles. The van der Waals surface area contributed by atoms with Crippen molar-refractivity contribution in [3.05, 3.63) is 155 Å². The third-order valence-electron chi connectivity index (χ3n) is 17.9. The van der Waals surface area contributed by atoms with Crippen LogP contribution in [0.3, 0.4) is 0 Å². The van der Waals surface area contributed by atoms with E-state index in [4.69, 9.17) is 0 Å². The molecule has 358 valence electrons. The van der Waals surface area contributed by atoms with Gasteiger partial charge in [0.2, 0.25) is 0 Å². The molecular formula is C64H80Cl2SiZr. The van der Waals surface area contributed by atoms with E-state index >= 15 is 0 Å². The largest absolute Gasteiger partial charge is 0.147 e. The molecule has 0 saturated heterocycles. The zero-order chi connectivity index (χ0) is 45.4. The Morgan fingerprint density at radius 3 is 1.18 bits per heavy atom. The first-order chi connectivity index (χ1) is 32.1. The minimum Gasteiger partial charge on any atom is -0.147 e. The molecule has 0 nitrogen and oxygen atoms in total. The Kier molecular flexibility index (Phi) is 16.1. The summed E-state index contributed by atoms with van der Waals surface area (Å²) in [6.07, 6.45) is 33.1. The number of hydrogen-bond acceptors (Lipinski definition) is 0. The molecule has 4 heteroatoms. The van der Waals surface area contributed by atoms with Crippen molar-refractivity contribution in [3.63, 3.8) is 0 Å². The van der Waals surface area contributed by atoms with Crippen molar-refractivity contribution in [2.75, 3.05) is 0 Å². The van der Waals surface area contributed by atoms with Crippen LogP contribution in [0.5, 0.6) is 0 Å². The molecule has 0 N–H and O–H groups in total. The van der Waals surface area contributed by atoms with E-state index in [-0.39, 0.29) is 24.8 Å². The van der Waals surface area contributed by atoms with Crippen LogP contribution in [-0.4, -0.2) is 6.88 Å². The van der Waals surface area contributed by atoms with Gasteiger partial charge in [0.1, 0.15) is 0 Å². The van der Waals surface area contributed by atoms with Gasteiger partial charge in [-0.05, 0) is 0 Å². The van der Waals surface area contributed by atoms with Gasteiger partial charge in [-0.15, -0.1) is 24.8 Å². The van der Waals surface area contributed by atoms with Crippen LogP contribution in [0.15, 0.2) is 132 Å². The summed E-state index contributed by atoms with van der Waals surface area (Å²) in [5.74, 6) is 0. The van der Waals surface area contributed by atoms with Crippen molar-refractivity contribution in [3.8, 4) is 22.3 Å². The Morgan fingerprint density at radius 1 is 0.441 bits per heavy atom. The van der Waals surface area contributed by atoms with Gasteiger partial charge in [-0.2, -0.15) is 0 Å². The summed E-state index contributed by atoms with van der Waals surface area (Å²) in [6.45, 7) is 7.56. The number of benzene rings is 6. The topological polar surface area (TPSA) is 0 Å². The molecule has 4 aliphatic carbocycles. The fourth-order valence-electron chi connectivity index (χ4n) is 15.3. The Hall–Kier alpha value is -3.00. The molecule has 0 bridgehead atoms. The normalized spacial score (nSPS) is 20.4. The Morgan fingerprint density at radius 2 is 0.779 bits per heavy atom. The zero-order valence-electron chi connectivity index (χ0n) is 42.0. The molecular weight excluding hydrogens is 959 g/mol. The van der Waals surface area contributed by atoms with Gasteiger partial charge in [0.15, 0.2) is 0 Å². The molecule has 0 heterocycles. The Bertz CT molecular complexity index is 2660. The van der Waals surface area contributed by atoms with E-state index in [1.807, 2.05) is 11.1 Å². The molecule has 0 aromatic heterocycles. The predicted molar refractivity (Wildman–Crippen MR) is 304 cm³/mol. The molecule has 0 aliphatic heterocycles. The summed E-state index contributed by atoms with van der Waals surface area (Å²) in [7, 11) is 0. The van der Waals surface area contributed by atoms with Crippen LogP contribution in [0.2, 0.25) is 9.26 Å². The van der Waals surface area contributed by atoms with Gasteiger partial charge in [-0.25, -0.2) is 0 Å². The molecule has 2 unspecified atom stereocenters. The van der Waals surface area contributed by atoms with Crippen LogP contribution in [0.1, 0.15) is 172 Å². The quantitative estimate of drug-likeness (QED) is 0.107. The summed E-state index contributed by atoms with van der Waals surface area (Å²) >= 11 is -4.13. The molecule has 6 aromatic rings. The van der Waals surface area contributed by atoms with Gasteiger partial charge in [0, 0.05) is 0 Å².